The standard InChI is InChI=1S/C24H25FN4O5/c25-18-4-2-1-3-17(18)20-12-29(28-27-20)10-9-16-6-7-19(23(13-30)34-16)26-24(31)15-5-8-21-22(11-15)33-14-32-21/h1-5,8,11-12,16,19,23,30H,6-7,9-10,13-14H2,(H,26,31)/t16-,19-,23-/m0/s1. The average molecular weight is 468 g/mol. The van der Waals surface area contributed by atoms with Gasteiger partial charge in [-0.3, -0.25) is 9.48 Å². The number of nitrogens with one attached hydrogen (secondary N) is 1. The van der Waals surface area contributed by atoms with Crippen LogP contribution in [0.2, 0.25) is 0 Å². The highest BCUT2D eigenvalue weighted by atomic mass is 19.1. The molecule has 1 aromatic heterocycles. The maximum atomic E-state index is 14.0. The number of aliphatic hydroxyl groups excluding tert-OH is 1. The molecular formula is C24H25FN4O5. The lowest BCUT2D eigenvalue weighted by Crippen LogP contribution is -2.51. The van der Waals surface area contributed by atoms with E-state index in [0.29, 0.717) is 47.7 Å². The normalized spacial score (nSPS) is 21.4. The van der Waals surface area contributed by atoms with Crippen molar-refractivity contribution in [1.29, 1.82) is 0 Å². The van der Waals surface area contributed by atoms with Gasteiger partial charge in [0.15, 0.2) is 11.5 Å². The molecule has 2 aliphatic rings. The van der Waals surface area contributed by atoms with Gasteiger partial charge in [0.1, 0.15) is 17.6 Å². The summed E-state index contributed by atoms with van der Waals surface area (Å²) in [6, 6.07) is 11.2. The number of aromatic nitrogens is 3. The first kappa shape index (κ1) is 22.3. The smallest absolute Gasteiger partial charge is 0.251 e. The number of halogens is 1. The summed E-state index contributed by atoms with van der Waals surface area (Å²) in [6.45, 7) is 0.478. The van der Waals surface area contributed by atoms with Crippen molar-refractivity contribution in [2.24, 2.45) is 0 Å². The molecule has 3 atom stereocenters. The number of benzene rings is 2. The van der Waals surface area contributed by atoms with Crippen LogP contribution in [-0.4, -0.2) is 57.7 Å². The van der Waals surface area contributed by atoms with Gasteiger partial charge in [-0.05, 0) is 49.6 Å². The molecule has 0 unspecified atom stereocenters. The lowest BCUT2D eigenvalue weighted by Gasteiger charge is -2.36. The second kappa shape index (κ2) is 9.78. The Morgan fingerprint density at radius 1 is 1.18 bits per heavy atom. The molecule has 0 bridgehead atoms. The molecule has 10 heteroatoms. The minimum Gasteiger partial charge on any atom is -0.454 e. The molecule has 2 aliphatic heterocycles. The van der Waals surface area contributed by atoms with Gasteiger partial charge in [-0.25, -0.2) is 4.39 Å². The largest absolute Gasteiger partial charge is 0.454 e. The number of aryl methyl sites for hydroxylation is 1. The maximum absolute atomic E-state index is 14.0. The Bertz CT molecular complexity index is 1170. The summed E-state index contributed by atoms with van der Waals surface area (Å²) in [5.74, 6) is 0.552. The summed E-state index contributed by atoms with van der Waals surface area (Å²) >= 11 is 0. The molecule has 0 aliphatic carbocycles. The number of fused-ring (bicyclic) bond motifs is 1. The molecule has 0 spiro atoms. The third kappa shape index (κ3) is 4.73. The van der Waals surface area contributed by atoms with Crippen LogP contribution in [-0.2, 0) is 11.3 Å². The Morgan fingerprint density at radius 3 is 2.88 bits per heavy atom. The van der Waals surface area contributed by atoms with Crippen LogP contribution in [0.5, 0.6) is 11.5 Å². The molecule has 178 valence electrons. The maximum Gasteiger partial charge on any atom is 0.251 e. The molecule has 1 saturated heterocycles. The number of hydrogen-bond donors (Lipinski definition) is 2. The molecule has 0 saturated carbocycles. The molecule has 3 heterocycles. The zero-order valence-electron chi connectivity index (χ0n) is 18.4. The number of rotatable bonds is 7. The van der Waals surface area contributed by atoms with E-state index in [1.165, 1.54) is 6.07 Å². The Hall–Kier alpha value is -3.50. The molecular weight excluding hydrogens is 443 g/mol. The van der Waals surface area contributed by atoms with Gasteiger partial charge >= 0.3 is 0 Å². The molecule has 3 aromatic rings. The molecule has 9 nitrogen and oxygen atoms in total. The summed E-state index contributed by atoms with van der Waals surface area (Å²) < 4.78 is 32.3. The molecule has 2 N–H and O–H groups in total. The highest BCUT2D eigenvalue weighted by Crippen LogP contribution is 2.32. The third-order valence-corrected chi connectivity index (χ3v) is 6.12. The molecule has 0 radical (unpaired) electrons. The first-order valence-electron chi connectivity index (χ1n) is 11.2. The van der Waals surface area contributed by atoms with Crippen molar-refractivity contribution in [3.05, 3.63) is 60.0 Å². The van der Waals surface area contributed by atoms with Gasteiger partial charge in [0.05, 0.1) is 24.9 Å². The summed E-state index contributed by atoms with van der Waals surface area (Å²) in [5, 5.41) is 21.0. The van der Waals surface area contributed by atoms with Crippen LogP contribution in [0.1, 0.15) is 29.6 Å². The molecule has 5 rings (SSSR count). The van der Waals surface area contributed by atoms with E-state index in [0.717, 1.165) is 6.42 Å². The van der Waals surface area contributed by atoms with Crippen molar-refractivity contribution in [3.8, 4) is 22.8 Å². The fourth-order valence-electron chi connectivity index (χ4n) is 4.27. The Morgan fingerprint density at radius 2 is 2.03 bits per heavy atom. The van der Waals surface area contributed by atoms with Crippen molar-refractivity contribution >= 4 is 5.91 Å². The van der Waals surface area contributed by atoms with E-state index in [1.807, 2.05) is 0 Å². The number of aliphatic hydroxyl groups is 1. The zero-order valence-corrected chi connectivity index (χ0v) is 18.4. The van der Waals surface area contributed by atoms with E-state index in [9.17, 15) is 14.3 Å². The molecule has 1 amide bonds. The van der Waals surface area contributed by atoms with E-state index >= 15 is 0 Å². The van der Waals surface area contributed by atoms with Gasteiger partial charge < -0.3 is 24.6 Å². The van der Waals surface area contributed by atoms with Gasteiger partial charge in [0, 0.05) is 17.7 Å². The van der Waals surface area contributed by atoms with Crippen molar-refractivity contribution < 1.29 is 28.5 Å². The monoisotopic (exact) mass is 468 g/mol. The highest BCUT2D eigenvalue weighted by molar-refractivity contribution is 5.95. The van der Waals surface area contributed by atoms with E-state index < -0.39 is 6.10 Å². The van der Waals surface area contributed by atoms with Gasteiger partial charge in [-0.1, -0.05) is 17.3 Å². The lowest BCUT2D eigenvalue weighted by atomic mass is 9.96. The third-order valence-electron chi connectivity index (χ3n) is 6.12. The van der Waals surface area contributed by atoms with Crippen LogP contribution < -0.4 is 14.8 Å². The number of hydrogen-bond acceptors (Lipinski definition) is 7. The first-order valence-corrected chi connectivity index (χ1v) is 11.2. The number of amides is 1. The van der Waals surface area contributed by atoms with Gasteiger partial charge in [-0.2, -0.15) is 0 Å². The van der Waals surface area contributed by atoms with Crippen LogP contribution in [0.3, 0.4) is 0 Å². The fourth-order valence-corrected chi connectivity index (χ4v) is 4.27. The summed E-state index contributed by atoms with van der Waals surface area (Å²) in [6.07, 6.45) is 3.14. The Balaban J connectivity index is 1.15. The van der Waals surface area contributed by atoms with Crippen molar-refractivity contribution in [1.82, 2.24) is 20.3 Å². The minimum atomic E-state index is -0.513. The van der Waals surface area contributed by atoms with Crippen LogP contribution in [0.4, 0.5) is 4.39 Å². The lowest BCUT2D eigenvalue weighted by molar-refractivity contribution is -0.0912. The van der Waals surface area contributed by atoms with E-state index in [-0.39, 0.29) is 37.3 Å². The highest BCUT2D eigenvalue weighted by Gasteiger charge is 2.32. The number of carbonyl (C=O) groups excluding carboxylic acids is 1. The number of carbonyl (C=O) groups is 1. The van der Waals surface area contributed by atoms with Gasteiger partial charge in [-0.15, -0.1) is 5.10 Å². The average Bonchev–Trinajstić information content (AvgIpc) is 3.52. The molecule has 34 heavy (non-hydrogen) atoms. The number of ether oxygens (including phenoxy) is 3. The molecule has 1 fully saturated rings. The van der Waals surface area contributed by atoms with Crippen molar-refractivity contribution in [3.63, 3.8) is 0 Å². The fraction of sp³-hybridized carbons (Fsp3) is 0.375. The summed E-state index contributed by atoms with van der Waals surface area (Å²) in [4.78, 5) is 12.7. The zero-order chi connectivity index (χ0) is 23.5. The Labute approximate surface area is 195 Å². The first-order chi connectivity index (χ1) is 16.6. The van der Waals surface area contributed by atoms with E-state index in [2.05, 4.69) is 15.6 Å². The van der Waals surface area contributed by atoms with Gasteiger partial charge in [0.25, 0.3) is 5.91 Å². The second-order valence-corrected chi connectivity index (χ2v) is 8.34. The van der Waals surface area contributed by atoms with Crippen molar-refractivity contribution in [2.75, 3.05) is 13.4 Å². The quantitative estimate of drug-likeness (QED) is 0.549. The minimum absolute atomic E-state index is 0.100. The molecule has 2 aromatic carbocycles. The van der Waals surface area contributed by atoms with E-state index in [4.69, 9.17) is 14.2 Å². The van der Waals surface area contributed by atoms with Crippen molar-refractivity contribution in [2.45, 2.75) is 44.1 Å². The predicted molar refractivity (Wildman–Crippen MR) is 119 cm³/mol. The van der Waals surface area contributed by atoms with Gasteiger partial charge in [0.2, 0.25) is 6.79 Å². The second-order valence-electron chi connectivity index (χ2n) is 8.34. The van der Waals surface area contributed by atoms with E-state index in [1.54, 1.807) is 47.3 Å². The summed E-state index contributed by atoms with van der Waals surface area (Å²) in [5.41, 5.74) is 1.34. The van der Waals surface area contributed by atoms with Crippen LogP contribution in [0, 0.1) is 5.82 Å². The topological polar surface area (TPSA) is 108 Å². The number of nitrogens with zero attached hydrogens (tertiary/aromatic N) is 3. The summed E-state index contributed by atoms with van der Waals surface area (Å²) in [7, 11) is 0. The van der Waals surface area contributed by atoms with Crippen LogP contribution in [0.25, 0.3) is 11.3 Å². The van der Waals surface area contributed by atoms with Crippen LogP contribution in [0.15, 0.2) is 48.7 Å². The predicted octanol–water partition coefficient (Wildman–Crippen LogP) is 2.54. The van der Waals surface area contributed by atoms with Crippen LogP contribution >= 0.6 is 0 Å². The SMILES string of the molecule is O=C(N[C@H]1CC[C@@H](CCn2cc(-c3ccccc3F)nn2)O[C@H]1CO)c1ccc2c(c1)OCO2. The Kier molecular flexibility index (Phi) is 6.41.